The van der Waals surface area contributed by atoms with Gasteiger partial charge in [-0.3, -0.25) is 9.59 Å². The first-order chi connectivity index (χ1) is 7.36. The lowest BCUT2D eigenvalue weighted by Gasteiger charge is -2.28. The van der Waals surface area contributed by atoms with Gasteiger partial charge in [-0.2, -0.15) is 0 Å². The highest BCUT2D eigenvalue weighted by Gasteiger charge is 2.55. The minimum absolute atomic E-state index is 0.129. The van der Waals surface area contributed by atoms with Crippen molar-refractivity contribution in [3.63, 3.8) is 0 Å². The number of allylic oxidation sites excluding steroid dienone is 1. The van der Waals surface area contributed by atoms with E-state index >= 15 is 0 Å². The molecule has 90 valence electrons. The fourth-order valence-corrected chi connectivity index (χ4v) is 2.21. The van der Waals surface area contributed by atoms with Crippen LogP contribution in [0.2, 0.25) is 0 Å². The fourth-order valence-electron chi connectivity index (χ4n) is 2.21. The van der Waals surface area contributed by atoms with Gasteiger partial charge in [0, 0.05) is 5.92 Å². The van der Waals surface area contributed by atoms with Crippen molar-refractivity contribution in [2.45, 2.75) is 25.0 Å². The topological polar surface area (TPSA) is 83.8 Å². The Labute approximate surface area is 93.7 Å². The van der Waals surface area contributed by atoms with E-state index in [0.717, 1.165) is 0 Å². The van der Waals surface area contributed by atoms with Gasteiger partial charge in [-0.15, -0.1) is 0 Å². The second-order valence-corrected chi connectivity index (χ2v) is 4.28. The number of esters is 1. The molecule has 0 heterocycles. The van der Waals surface area contributed by atoms with E-state index in [0.29, 0.717) is 6.29 Å². The molecule has 1 fully saturated rings. The molecule has 0 bridgehead atoms. The Morgan fingerprint density at radius 2 is 2.19 bits per heavy atom. The molecule has 0 aromatic rings. The van der Waals surface area contributed by atoms with E-state index in [2.05, 4.69) is 11.3 Å². The Bertz CT molecular complexity index is 320. The van der Waals surface area contributed by atoms with E-state index in [-0.39, 0.29) is 12.0 Å². The first-order valence-electron chi connectivity index (χ1n) is 4.98. The van der Waals surface area contributed by atoms with Crippen LogP contribution in [0.15, 0.2) is 12.2 Å². The second kappa shape index (κ2) is 4.35. The Morgan fingerprint density at radius 1 is 1.62 bits per heavy atom. The quantitative estimate of drug-likeness (QED) is 0.392. The van der Waals surface area contributed by atoms with E-state index in [1.807, 2.05) is 0 Å². The smallest absolute Gasteiger partial charge is 0.312 e. The summed E-state index contributed by atoms with van der Waals surface area (Å²) in [5.74, 6) is -2.17. The lowest BCUT2D eigenvalue weighted by molar-refractivity contribution is -0.158. The third-order valence-electron chi connectivity index (χ3n) is 3.27. The number of ether oxygens (including phenoxy) is 1. The number of carbonyl (C=O) groups is 2. The molecule has 5 heteroatoms. The van der Waals surface area contributed by atoms with Gasteiger partial charge in [-0.1, -0.05) is 6.58 Å². The first-order valence-corrected chi connectivity index (χ1v) is 4.98. The van der Waals surface area contributed by atoms with Crippen LogP contribution in [0.4, 0.5) is 0 Å². The maximum absolute atomic E-state index is 11.6. The van der Waals surface area contributed by atoms with Crippen molar-refractivity contribution in [1.29, 1.82) is 0 Å². The van der Waals surface area contributed by atoms with Crippen LogP contribution >= 0.6 is 0 Å². The van der Waals surface area contributed by atoms with E-state index in [9.17, 15) is 19.8 Å². The monoisotopic (exact) mass is 228 g/mol. The van der Waals surface area contributed by atoms with E-state index in [1.165, 1.54) is 14.0 Å². The summed E-state index contributed by atoms with van der Waals surface area (Å²) in [4.78, 5) is 22.2. The van der Waals surface area contributed by atoms with Crippen LogP contribution in [0, 0.1) is 11.8 Å². The minimum atomic E-state index is -1.59. The molecule has 0 aliphatic heterocycles. The molecule has 4 unspecified atom stereocenters. The standard InChI is InChI=1S/C11H16O5/c1-6(5-12)7-4-8(13)11(2,15)9(7)10(14)16-3/h5,7-9,13,15H,1,4H2,2-3H3. The Morgan fingerprint density at radius 3 is 2.62 bits per heavy atom. The summed E-state index contributed by atoms with van der Waals surface area (Å²) in [6, 6.07) is 0. The van der Waals surface area contributed by atoms with Crippen molar-refractivity contribution in [1.82, 2.24) is 0 Å². The molecular formula is C11H16O5. The molecule has 0 aromatic carbocycles. The molecule has 2 N–H and O–H groups in total. The number of methoxy groups -OCH3 is 1. The summed E-state index contributed by atoms with van der Waals surface area (Å²) >= 11 is 0. The molecule has 0 aromatic heterocycles. The van der Waals surface area contributed by atoms with Gasteiger partial charge in [-0.25, -0.2) is 0 Å². The second-order valence-electron chi connectivity index (χ2n) is 4.28. The van der Waals surface area contributed by atoms with Gasteiger partial charge in [0.05, 0.1) is 19.1 Å². The van der Waals surface area contributed by atoms with Gasteiger partial charge in [-0.05, 0) is 18.9 Å². The van der Waals surface area contributed by atoms with Crippen molar-refractivity contribution in [2.75, 3.05) is 7.11 Å². The van der Waals surface area contributed by atoms with E-state index < -0.39 is 29.5 Å². The molecule has 16 heavy (non-hydrogen) atoms. The molecule has 1 saturated carbocycles. The van der Waals surface area contributed by atoms with Crippen LogP contribution in [0.3, 0.4) is 0 Å². The third kappa shape index (κ3) is 1.88. The lowest BCUT2D eigenvalue weighted by atomic mass is 9.83. The maximum Gasteiger partial charge on any atom is 0.312 e. The zero-order valence-electron chi connectivity index (χ0n) is 9.34. The molecule has 1 aliphatic rings. The van der Waals surface area contributed by atoms with Crippen LogP contribution in [0.25, 0.3) is 0 Å². The van der Waals surface area contributed by atoms with Crippen LogP contribution in [-0.4, -0.2) is 41.3 Å². The first kappa shape index (κ1) is 12.9. The Hall–Kier alpha value is -1.20. The number of aliphatic hydroxyl groups is 2. The number of hydrogen-bond donors (Lipinski definition) is 2. The average molecular weight is 228 g/mol. The average Bonchev–Trinajstić information content (AvgIpc) is 2.48. The number of carbonyl (C=O) groups excluding carboxylic acids is 2. The lowest BCUT2D eigenvalue weighted by Crippen LogP contribution is -2.45. The SMILES string of the molecule is C=C(C=O)C1CC(O)C(C)(O)C1C(=O)OC. The van der Waals surface area contributed by atoms with Gasteiger partial charge in [0.2, 0.25) is 0 Å². The number of hydrogen-bond acceptors (Lipinski definition) is 5. The summed E-state index contributed by atoms with van der Waals surface area (Å²) in [5, 5.41) is 19.7. The molecule has 4 atom stereocenters. The highest BCUT2D eigenvalue weighted by Crippen LogP contribution is 2.43. The molecule has 1 aliphatic carbocycles. The van der Waals surface area contributed by atoms with Crippen molar-refractivity contribution < 1.29 is 24.5 Å². The molecule has 0 spiro atoms. The summed E-state index contributed by atoms with van der Waals surface area (Å²) in [6.45, 7) is 4.88. The Balaban J connectivity index is 3.07. The van der Waals surface area contributed by atoms with Gasteiger partial charge < -0.3 is 14.9 Å². The number of rotatable bonds is 3. The van der Waals surface area contributed by atoms with Crippen LogP contribution < -0.4 is 0 Å². The summed E-state index contributed by atoms with van der Waals surface area (Å²) in [5.41, 5.74) is -1.41. The van der Waals surface area contributed by atoms with Crippen LogP contribution in [-0.2, 0) is 14.3 Å². The Kier molecular flexibility index (Phi) is 3.50. The maximum atomic E-state index is 11.6. The highest BCUT2D eigenvalue weighted by molar-refractivity contribution is 5.80. The van der Waals surface area contributed by atoms with Gasteiger partial charge in [0.15, 0.2) is 0 Å². The highest BCUT2D eigenvalue weighted by atomic mass is 16.5. The van der Waals surface area contributed by atoms with E-state index in [4.69, 9.17) is 0 Å². The van der Waals surface area contributed by atoms with Gasteiger partial charge in [0.25, 0.3) is 0 Å². The zero-order valence-corrected chi connectivity index (χ0v) is 9.34. The molecule has 0 amide bonds. The molecule has 5 nitrogen and oxygen atoms in total. The fraction of sp³-hybridized carbons (Fsp3) is 0.636. The summed E-state index contributed by atoms with van der Waals surface area (Å²) in [7, 11) is 1.20. The predicted octanol–water partition coefficient (Wildman–Crippen LogP) is -0.338. The zero-order chi connectivity index (χ0) is 12.5. The molecule has 0 saturated heterocycles. The summed E-state index contributed by atoms with van der Waals surface area (Å²) in [6.07, 6.45) is -0.405. The number of aliphatic hydroxyl groups excluding tert-OH is 1. The molecular weight excluding hydrogens is 212 g/mol. The largest absolute Gasteiger partial charge is 0.469 e. The van der Waals surface area contributed by atoms with Crippen molar-refractivity contribution >= 4 is 12.3 Å². The summed E-state index contributed by atoms with van der Waals surface area (Å²) < 4.78 is 4.58. The third-order valence-corrected chi connectivity index (χ3v) is 3.27. The molecule has 1 rings (SSSR count). The van der Waals surface area contributed by atoms with Crippen molar-refractivity contribution in [3.05, 3.63) is 12.2 Å². The van der Waals surface area contributed by atoms with Gasteiger partial charge >= 0.3 is 5.97 Å². The number of aldehydes is 1. The van der Waals surface area contributed by atoms with E-state index in [1.54, 1.807) is 0 Å². The molecule has 0 radical (unpaired) electrons. The predicted molar refractivity (Wildman–Crippen MR) is 55.4 cm³/mol. The normalized spacial score (nSPS) is 38.1. The van der Waals surface area contributed by atoms with Crippen molar-refractivity contribution in [3.8, 4) is 0 Å². The van der Waals surface area contributed by atoms with Crippen LogP contribution in [0.5, 0.6) is 0 Å². The minimum Gasteiger partial charge on any atom is -0.469 e. The van der Waals surface area contributed by atoms with Crippen molar-refractivity contribution in [2.24, 2.45) is 11.8 Å². The van der Waals surface area contributed by atoms with Gasteiger partial charge in [0.1, 0.15) is 11.9 Å². The van der Waals surface area contributed by atoms with Crippen LogP contribution in [0.1, 0.15) is 13.3 Å².